The van der Waals surface area contributed by atoms with E-state index >= 15 is 0 Å². The van der Waals surface area contributed by atoms with E-state index in [0.29, 0.717) is 6.10 Å². The van der Waals surface area contributed by atoms with Crippen molar-refractivity contribution in [2.24, 2.45) is 0 Å². The van der Waals surface area contributed by atoms with Crippen LogP contribution in [0.1, 0.15) is 20.3 Å². The molecule has 9 heavy (non-hydrogen) atoms. The first-order valence-electron chi connectivity index (χ1n) is 3.30. The smallest absolute Gasteiger partial charge is 0.110 e. The summed E-state index contributed by atoms with van der Waals surface area (Å²) in [5.41, 5.74) is 0. The third-order valence-electron chi connectivity index (χ3n) is 1.62. The van der Waals surface area contributed by atoms with Crippen molar-refractivity contribution in [3.05, 3.63) is 6.10 Å². The van der Waals surface area contributed by atoms with Gasteiger partial charge in [-0.15, -0.1) is 0 Å². The summed E-state index contributed by atoms with van der Waals surface area (Å²) in [6, 6.07) is 0.190. The summed E-state index contributed by atoms with van der Waals surface area (Å²) in [5.74, 6) is 0. The first kappa shape index (κ1) is 8.92. The lowest BCUT2D eigenvalue weighted by atomic mass is 10.1. The molecule has 0 heterocycles. The molecular weight excluding hydrogens is 114 g/mol. The largest absolute Gasteiger partial charge is 0.385 e. The highest BCUT2D eigenvalue weighted by atomic mass is 16.3. The zero-order chi connectivity index (χ0) is 7.44. The topological polar surface area (TPSA) is 23.5 Å². The van der Waals surface area contributed by atoms with Gasteiger partial charge in [-0.2, -0.15) is 0 Å². The van der Waals surface area contributed by atoms with E-state index in [-0.39, 0.29) is 6.04 Å². The molecule has 1 unspecified atom stereocenters. The number of rotatable bonds is 3. The van der Waals surface area contributed by atoms with Gasteiger partial charge in [0.25, 0.3) is 0 Å². The number of nitrogens with zero attached hydrogens (tertiary/aromatic N) is 1. The summed E-state index contributed by atoms with van der Waals surface area (Å²) in [6.45, 7) is 3.94. The van der Waals surface area contributed by atoms with E-state index in [9.17, 15) is 5.11 Å². The van der Waals surface area contributed by atoms with Gasteiger partial charge in [0, 0.05) is 6.04 Å². The predicted molar refractivity (Wildman–Crippen MR) is 38.6 cm³/mol. The van der Waals surface area contributed by atoms with E-state index < -0.39 is 0 Å². The van der Waals surface area contributed by atoms with Crippen LogP contribution in [0.15, 0.2) is 0 Å². The quantitative estimate of drug-likeness (QED) is 0.621. The Morgan fingerprint density at radius 3 is 2.11 bits per heavy atom. The predicted octanol–water partition coefficient (Wildman–Crippen LogP) is 1.25. The molecule has 0 aromatic carbocycles. The summed E-state index contributed by atoms with van der Waals surface area (Å²) in [6.07, 6.45) is 1.30. The van der Waals surface area contributed by atoms with Gasteiger partial charge in [0.2, 0.25) is 0 Å². The lowest BCUT2D eigenvalue weighted by Gasteiger charge is -2.22. The van der Waals surface area contributed by atoms with Crippen LogP contribution < -0.4 is 0 Å². The van der Waals surface area contributed by atoms with Crippen LogP contribution in [-0.2, 0) is 0 Å². The number of aliphatic hydroxyl groups is 1. The highest BCUT2D eigenvalue weighted by Gasteiger charge is 2.13. The van der Waals surface area contributed by atoms with Crippen molar-refractivity contribution in [1.29, 1.82) is 0 Å². The molecule has 0 rings (SSSR count). The maximum atomic E-state index is 9.17. The third-order valence-corrected chi connectivity index (χ3v) is 1.62. The second kappa shape index (κ2) is 3.85. The van der Waals surface area contributed by atoms with Crippen LogP contribution in [0, 0.1) is 6.10 Å². The SMILES string of the molecule is CC[C](O)C(C)N(C)C. The van der Waals surface area contributed by atoms with Gasteiger partial charge in [-0.25, -0.2) is 0 Å². The Morgan fingerprint density at radius 1 is 1.56 bits per heavy atom. The van der Waals surface area contributed by atoms with E-state index in [1.54, 1.807) is 0 Å². The Kier molecular flexibility index (Phi) is 3.82. The standard InChI is InChI=1S/C7H16NO/c1-5-7(9)6(2)8(3)4/h6,9H,5H2,1-4H3. The molecule has 55 valence electrons. The molecule has 0 saturated carbocycles. The van der Waals surface area contributed by atoms with Crippen LogP contribution in [0.4, 0.5) is 0 Å². The molecule has 2 nitrogen and oxygen atoms in total. The van der Waals surface area contributed by atoms with Crippen molar-refractivity contribution in [2.45, 2.75) is 26.3 Å². The Hall–Kier alpha value is -0.0800. The number of hydrogen-bond acceptors (Lipinski definition) is 2. The van der Waals surface area contributed by atoms with Gasteiger partial charge in [-0.3, -0.25) is 0 Å². The second-order valence-electron chi connectivity index (χ2n) is 2.48. The molecule has 0 spiro atoms. The van der Waals surface area contributed by atoms with Gasteiger partial charge in [0.1, 0.15) is 6.10 Å². The molecule has 0 amide bonds. The Morgan fingerprint density at radius 2 is 2.00 bits per heavy atom. The fourth-order valence-corrected chi connectivity index (χ4v) is 0.593. The molecule has 0 fully saturated rings. The van der Waals surface area contributed by atoms with Gasteiger partial charge in [0.05, 0.1) is 0 Å². The first-order chi connectivity index (χ1) is 4.09. The highest BCUT2D eigenvalue weighted by Crippen LogP contribution is 2.09. The zero-order valence-electron chi connectivity index (χ0n) is 6.68. The van der Waals surface area contributed by atoms with Crippen LogP contribution in [0.25, 0.3) is 0 Å². The Balaban J connectivity index is 3.58. The van der Waals surface area contributed by atoms with Gasteiger partial charge >= 0.3 is 0 Å². The molecule has 0 aliphatic rings. The molecule has 0 saturated heterocycles. The molecule has 0 bridgehead atoms. The molecule has 1 radical (unpaired) electrons. The average Bonchev–Trinajstić information content (AvgIpc) is 1.84. The number of hydrogen-bond donors (Lipinski definition) is 1. The third kappa shape index (κ3) is 2.82. The van der Waals surface area contributed by atoms with Crippen molar-refractivity contribution in [2.75, 3.05) is 14.1 Å². The van der Waals surface area contributed by atoms with Gasteiger partial charge < -0.3 is 10.0 Å². The van der Waals surface area contributed by atoms with Crippen molar-refractivity contribution < 1.29 is 5.11 Å². The summed E-state index contributed by atoms with van der Waals surface area (Å²) in [7, 11) is 3.91. The maximum absolute atomic E-state index is 9.17. The van der Waals surface area contributed by atoms with Crippen molar-refractivity contribution >= 4 is 0 Å². The second-order valence-corrected chi connectivity index (χ2v) is 2.48. The van der Waals surface area contributed by atoms with Gasteiger partial charge in [0.15, 0.2) is 0 Å². The van der Waals surface area contributed by atoms with Crippen LogP contribution in [0.2, 0.25) is 0 Å². The summed E-state index contributed by atoms with van der Waals surface area (Å²) >= 11 is 0. The van der Waals surface area contributed by atoms with E-state index in [1.807, 2.05) is 32.8 Å². The molecule has 0 aliphatic carbocycles. The molecule has 0 aromatic heterocycles. The van der Waals surface area contributed by atoms with E-state index in [2.05, 4.69) is 0 Å². The fourth-order valence-electron chi connectivity index (χ4n) is 0.593. The lowest BCUT2D eigenvalue weighted by molar-refractivity contribution is 0.176. The zero-order valence-corrected chi connectivity index (χ0v) is 6.68. The molecule has 0 aromatic rings. The highest BCUT2D eigenvalue weighted by molar-refractivity contribution is 4.85. The van der Waals surface area contributed by atoms with Crippen LogP contribution >= 0.6 is 0 Å². The van der Waals surface area contributed by atoms with Gasteiger partial charge in [-0.05, 0) is 27.4 Å². The average molecular weight is 130 g/mol. The van der Waals surface area contributed by atoms with Crippen molar-refractivity contribution in [3.63, 3.8) is 0 Å². The monoisotopic (exact) mass is 130 g/mol. The van der Waals surface area contributed by atoms with Gasteiger partial charge in [-0.1, -0.05) is 6.92 Å². The van der Waals surface area contributed by atoms with Crippen LogP contribution in [0.3, 0.4) is 0 Å². The van der Waals surface area contributed by atoms with Crippen LogP contribution in [0.5, 0.6) is 0 Å². The Labute approximate surface area is 57.5 Å². The Bertz CT molecular complexity index is 73.3. The molecule has 0 aliphatic heterocycles. The van der Waals surface area contributed by atoms with E-state index in [4.69, 9.17) is 0 Å². The van der Waals surface area contributed by atoms with E-state index in [0.717, 1.165) is 6.42 Å². The normalized spacial score (nSPS) is 15.0. The summed E-state index contributed by atoms with van der Waals surface area (Å²) < 4.78 is 0. The van der Waals surface area contributed by atoms with Crippen molar-refractivity contribution in [1.82, 2.24) is 4.90 Å². The number of aliphatic hydroxyl groups excluding tert-OH is 1. The number of likely N-dealkylation sites (N-methyl/N-ethyl adjacent to an activating group) is 1. The lowest BCUT2D eigenvalue weighted by Crippen LogP contribution is -2.30. The maximum Gasteiger partial charge on any atom is 0.110 e. The summed E-state index contributed by atoms with van der Waals surface area (Å²) in [4.78, 5) is 1.98. The fraction of sp³-hybridized carbons (Fsp3) is 0.857. The van der Waals surface area contributed by atoms with Crippen LogP contribution in [-0.4, -0.2) is 30.1 Å². The van der Waals surface area contributed by atoms with E-state index in [1.165, 1.54) is 0 Å². The summed E-state index contributed by atoms with van der Waals surface area (Å²) in [5, 5.41) is 9.17. The molecular formula is C7H16NO. The first-order valence-corrected chi connectivity index (χ1v) is 3.30. The molecule has 1 atom stereocenters. The van der Waals surface area contributed by atoms with Crippen molar-refractivity contribution in [3.8, 4) is 0 Å². The minimum atomic E-state index is 0.190. The molecule has 1 N–H and O–H groups in total. The minimum absolute atomic E-state index is 0.190. The molecule has 2 heteroatoms. The minimum Gasteiger partial charge on any atom is -0.385 e.